The number of anilines is 1. The minimum Gasteiger partial charge on any atom is -0.497 e. The van der Waals surface area contributed by atoms with E-state index in [4.69, 9.17) is 9.47 Å². The molecule has 0 radical (unpaired) electrons. The van der Waals surface area contributed by atoms with Gasteiger partial charge in [-0.15, -0.1) is 0 Å². The SMILES string of the molecule is COc1ccc(OC)c(N2CCN(CC(=O)NC3CCCCCC3)C2=O)c1. The van der Waals surface area contributed by atoms with Gasteiger partial charge in [-0.2, -0.15) is 0 Å². The van der Waals surface area contributed by atoms with Crippen molar-refractivity contribution in [3.63, 3.8) is 0 Å². The van der Waals surface area contributed by atoms with E-state index in [1.165, 1.54) is 12.8 Å². The van der Waals surface area contributed by atoms with E-state index >= 15 is 0 Å². The van der Waals surface area contributed by atoms with Crippen molar-refractivity contribution in [1.29, 1.82) is 0 Å². The Hall–Kier alpha value is -2.44. The molecule has 1 aliphatic carbocycles. The Balaban J connectivity index is 1.62. The van der Waals surface area contributed by atoms with Gasteiger partial charge >= 0.3 is 6.03 Å². The van der Waals surface area contributed by atoms with Gasteiger partial charge in [-0.05, 0) is 25.0 Å². The molecule has 3 rings (SSSR count). The van der Waals surface area contributed by atoms with Gasteiger partial charge < -0.3 is 19.7 Å². The Bertz CT molecular complexity index is 671. The number of rotatable bonds is 6. The van der Waals surface area contributed by atoms with Crippen LogP contribution in [0.15, 0.2) is 18.2 Å². The second kappa shape index (κ2) is 8.97. The summed E-state index contributed by atoms with van der Waals surface area (Å²) in [6.07, 6.45) is 6.89. The Labute approximate surface area is 160 Å². The van der Waals surface area contributed by atoms with E-state index in [0.717, 1.165) is 25.7 Å². The quantitative estimate of drug-likeness (QED) is 0.776. The van der Waals surface area contributed by atoms with Crippen LogP contribution in [0.1, 0.15) is 38.5 Å². The molecule has 1 N–H and O–H groups in total. The van der Waals surface area contributed by atoms with Gasteiger partial charge in [0.1, 0.15) is 18.0 Å². The summed E-state index contributed by atoms with van der Waals surface area (Å²) in [5, 5.41) is 3.11. The average Bonchev–Trinajstić information content (AvgIpc) is 2.86. The van der Waals surface area contributed by atoms with E-state index < -0.39 is 0 Å². The van der Waals surface area contributed by atoms with Gasteiger partial charge in [-0.3, -0.25) is 9.69 Å². The highest BCUT2D eigenvalue weighted by Crippen LogP contribution is 2.34. The fourth-order valence-electron chi connectivity index (χ4n) is 3.83. The van der Waals surface area contributed by atoms with Crippen molar-refractivity contribution >= 4 is 17.6 Å². The molecule has 27 heavy (non-hydrogen) atoms. The Morgan fingerprint density at radius 3 is 2.52 bits per heavy atom. The smallest absolute Gasteiger partial charge is 0.325 e. The molecule has 0 atom stereocenters. The summed E-state index contributed by atoms with van der Waals surface area (Å²) in [4.78, 5) is 28.5. The highest BCUT2D eigenvalue weighted by molar-refractivity contribution is 5.97. The normalized spacial score (nSPS) is 18.4. The minimum atomic E-state index is -0.183. The molecule has 1 saturated heterocycles. The van der Waals surface area contributed by atoms with Crippen LogP contribution in [0.25, 0.3) is 0 Å². The molecule has 1 aromatic carbocycles. The molecule has 7 nitrogen and oxygen atoms in total. The summed E-state index contributed by atoms with van der Waals surface area (Å²) in [5.41, 5.74) is 0.661. The predicted octanol–water partition coefficient (Wildman–Crippen LogP) is 2.78. The predicted molar refractivity (Wildman–Crippen MR) is 103 cm³/mol. The van der Waals surface area contributed by atoms with Crippen LogP contribution in [0, 0.1) is 0 Å². The van der Waals surface area contributed by atoms with Gasteiger partial charge in [0.05, 0.1) is 19.9 Å². The van der Waals surface area contributed by atoms with Crippen molar-refractivity contribution in [1.82, 2.24) is 10.2 Å². The first kappa shape index (κ1) is 19.3. The van der Waals surface area contributed by atoms with Gasteiger partial charge in [0.2, 0.25) is 5.91 Å². The molecule has 1 aliphatic heterocycles. The zero-order valence-corrected chi connectivity index (χ0v) is 16.2. The average molecular weight is 375 g/mol. The molecule has 148 valence electrons. The lowest BCUT2D eigenvalue weighted by atomic mass is 10.1. The first-order valence-electron chi connectivity index (χ1n) is 9.70. The first-order chi connectivity index (χ1) is 13.1. The zero-order chi connectivity index (χ0) is 19.2. The Kier molecular flexibility index (Phi) is 6.42. The maximum Gasteiger partial charge on any atom is 0.325 e. The van der Waals surface area contributed by atoms with E-state index in [9.17, 15) is 9.59 Å². The van der Waals surface area contributed by atoms with Gasteiger partial charge in [0.15, 0.2) is 0 Å². The zero-order valence-electron chi connectivity index (χ0n) is 16.2. The number of carbonyl (C=O) groups is 2. The summed E-state index contributed by atoms with van der Waals surface area (Å²) in [6.45, 7) is 1.12. The van der Waals surface area contributed by atoms with Crippen LogP contribution in [0.4, 0.5) is 10.5 Å². The second-order valence-corrected chi connectivity index (χ2v) is 7.15. The highest BCUT2D eigenvalue weighted by atomic mass is 16.5. The number of methoxy groups -OCH3 is 2. The number of nitrogens with one attached hydrogen (secondary N) is 1. The molecule has 1 heterocycles. The third kappa shape index (κ3) is 4.64. The summed E-state index contributed by atoms with van der Waals surface area (Å²) >= 11 is 0. The molecule has 0 bridgehead atoms. The van der Waals surface area contributed by atoms with E-state index in [0.29, 0.717) is 30.3 Å². The van der Waals surface area contributed by atoms with E-state index in [1.54, 1.807) is 42.2 Å². The number of nitrogens with zero attached hydrogens (tertiary/aromatic N) is 2. The minimum absolute atomic E-state index is 0.0743. The van der Waals surface area contributed by atoms with Crippen LogP contribution in [-0.4, -0.2) is 56.7 Å². The molecule has 7 heteroatoms. The maximum atomic E-state index is 12.8. The van der Waals surface area contributed by atoms with Crippen LogP contribution in [0.2, 0.25) is 0 Å². The van der Waals surface area contributed by atoms with Crippen molar-refractivity contribution < 1.29 is 19.1 Å². The molecule has 0 spiro atoms. The molecule has 1 saturated carbocycles. The molecular formula is C20H29N3O4. The standard InChI is InChI=1S/C20H29N3O4/c1-26-16-9-10-18(27-2)17(13-16)23-12-11-22(20(23)25)14-19(24)21-15-7-5-3-4-6-8-15/h9-10,13,15H,3-8,11-12,14H2,1-2H3,(H,21,24). The number of hydrogen-bond acceptors (Lipinski definition) is 4. The monoisotopic (exact) mass is 375 g/mol. The molecule has 1 aromatic rings. The number of ether oxygens (including phenoxy) is 2. The lowest BCUT2D eigenvalue weighted by Crippen LogP contribution is -2.43. The molecule has 2 aliphatic rings. The first-order valence-corrected chi connectivity index (χ1v) is 9.70. The fourth-order valence-corrected chi connectivity index (χ4v) is 3.83. The Morgan fingerprint density at radius 2 is 1.85 bits per heavy atom. The van der Waals surface area contributed by atoms with Crippen LogP contribution in [0.3, 0.4) is 0 Å². The van der Waals surface area contributed by atoms with Crippen LogP contribution in [-0.2, 0) is 4.79 Å². The van der Waals surface area contributed by atoms with E-state index in [2.05, 4.69) is 5.32 Å². The van der Waals surface area contributed by atoms with Crippen LogP contribution < -0.4 is 19.7 Å². The van der Waals surface area contributed by atoms with Gasteiger partial charge in [-0.1, -0.05) is 25.7 Å². The van der Waals surface area contributed by atoms with Gasteiger partial charge in [0, 0.05) is 25.2 Å². The third-order valence-electron chi connectivity index (χ3n) is 5.33. The van der Waals surface area contributed by atoms with Crippen LogP contribution in [0.5, 0.6) is 11.5 Å². The molecule has 2 fully saturated rings. The largest absolute Gasteiger partial charge is 0.497 e. The highest BCUT2D eigenvalue weighted by Gasteiger charge is 2.33. The number of benzene rings is 1. The Morgan fingerprint density at radius 1 is 1.11 bits per heavy atom. The van der Waals surface area contributed by atoms with Crippen molar-refractivity contribution in [3.8, 4) is 11.5 Å². The van der Waals surface area contributed by atoms with Crippen molar-refractivity contribution in [2.75, 3.05) is 38.8 Å². The maximum absolute atomic E-state index is 12.8. The third-order valence-corrected chi connectivity index (χ3v) is 5.33. The summed E-state index contributed by atoms with van der Waals surface area (Å²) in [6, 6.07) is 5.42. The molecule has 0 aromatic heterocycles. The van der Waals surface area contributed by atoms with E-state index in [-0.39, 0.29) is 24.5 Å². The molecule has 3 amide bonds. The van der Waals surface area contributed by atoms with Crippen molar-refractivity contribution in [3.05, 3.63) is 18.2 Å². The second-order valence-electron chi connectivity index (χ2n) is 7.15. The van der Waals surface area contributed by atoms with Crippen molar-refractivity contribution in [2.24, 2.45) is 0 Å². The number of urea groups is 1. The van der Waals surface area contributed by atoms with Crippen molar-refractivity contribution in [2.45, 2.75) is 44.6 Å². The number of carbonyl (C=O) groups excluding carboxylic acids is 2. The number of amides is 3. The van der Waals surface area contributed by atoms with E-state index in [1.807, 2.05) is 0 Å². The molecule has 0 unspecified atom stereocenters. The lowest BCUT2D eigenvalue weighted by Gasteiger charge is -2.22. The molecular weight excluding hydrogens is 346 g/mol. The van der Waals surface area contributed by atoms with Crippen LogP contribution >= 0.6 is 0 Å². The lowest BCUT2D eigenvalue weighted by molar-refractivity contribution is -0.122. The summed E-state index contributed by atoms with van der Waals surface area (Å²) in [5.74, 6) is 1.19. The van der Waals surface area contributed by atoms with Gasteiger partial charge in [0.25, 0.3) is 0 Å². The summed E-state index contributed by atoms with van der Waals surface area (Å²) < 4.78 is 10.7. The summed E-state index contributed by atoms with van der Waals surface area (Å²) in [7, 11) is 3.16. The van der Waals surface area contributed by atoms with Gasteiger partial charge in [-0.25, -0.2) is 4.79 Å². The number of hydrogen-bond donors (Lipinski definition) is 1. The topological polar surface area (TPSA) is 71.1 Å². The fraction of sp³-hybridized carbons (Fsp3) is 0.600.